The highest BCUT2D eigenvalue weighted by Gasteiger charge is 2.37. The number of sulfonamides is 1. The van der Waals surface area contributed by atoms with Gasteiger partial charge < -0.3 is 10.1 Å². The molecule has 0 bridgehead atoms. The van der Waals surface area contributed by atoms with E-state index in [1.54, 1.807) is 35.7 Å². The van der Waals surface area contributed by atoms with Crippen LogP contribution in [-0.2, 0) is 10.0 Å². The first-order chi connectivity index (χ1) is 14.4. The topological polar surface area (TPSA) is 84.4 Å². The van der Waals surface area contributed by atoms with Crippen LogP contribution in [0.4, 0.5) is 10.8 Å². The molecule has 0 aliphatic carbocycles. The van der Waals surface area contributed by atoms with Gasteiger partial charge in [-0.05, 0) is 63.1 Å². The summed E-state index contributed by atoms with van der Waals surface area (Å²) in [5.74, 6) is 0.625. The lowest BCUT2D eigenvalue weighted by Gasteiger charge is -2.24. The summed E-state index contributed by atoms with van der Waals surface area (Å²) < 4.78 is 33.3. The average molecular weight is 445 g/mol. The first kappa shape index (κ1) is 20.8. The van der Waals surface area contributed by atoms with E-state index in [1.165, 1.54) is 11.3 Å². The molecular formula is C21H24N4O3S2. The molecule has 1 aliphatic rings. The van der Waals surface area contributed by atoms with Crippen molar-refractivity contribution >= 4 is 32.2 Å². The summed E-state index contributed by atoms with van der Waals surface area (Å²) in [6.07, 6.45) is 1.53. The van der Waals surface area contributed by atoms with E-state index < -0.39 is 10.0 Å². The summed E-state index contributed by atoms with van der Waals surface area (Å²) >= 11 is 1.53. The van der Waals surface area contributed by atoms with Gasteiger partial charge in [0.05, 0.1) is 29.4 Å². The fourth-order valence-electron chi connectivity index (χ4n) is 3.68. The van der Waals surface area contributed by atoms with Gasteiger partial charge in [0.1, 0.15) is 5.75 Å². The van der Waals surface area contributed by atoms with Gasteiger partial charge in [-0.3, -0.25) is 4.98 Å². The van der Waals surface area contributed by atoms with Crippen LogP contribution in [0.15, 0.2) is 46.7 Å². The van der Waals surface area contributed by atoms with Crippen molar-refractivity contribution in [1.29, 1.82) is 0 Å². The molecule has 1 fully saturated rings. The van der Waals surface area contributed by atoms with E-state index >= 15 is 0 Å². The van der Waals surface area contributed by atoms with Crippen molar-refractivity contribution in [2.24, 2.45) is 0 Å². The van der Waals surface area contributed by atoms with E-state index in [9.17, 15) is 8.42 Å². The molecule has 0 saturated carbocycles. The fraction of sp³-hybridized carbons (Fsp3) is 0.333. The third-order valence-electron chi connectivity index (χ3n) is 5.05. The minimum absolute atomic E-state index is 0.263. The molecular weight excluding hydrogens is 420 g/mol. The van der Waals surface area contributed by atoms with E-state index in [0.29, 0.717) is 12.3 Å². The predicted octanol–water partition coefficient (Wildman–Crippen LogP) is 4.43. The molecule has 4 rings (SSSR count). The monoisotopic (exact) mass is 444 g/mol. The molecule has 1 aromatic carbocycles. The van der Waals surface area contributed by atoms with Crippen molar-refractivity contribution in [1.82, 2.24) is 14.3 Å². The molecule has 158 valence electrons. The largest absolute Gasteiger partial charge is 0.497 e. The van der Waals surface area contributed by atoms with Crippen LogP contribution in [-0.4, -0.2) is 36.3 Å². The fourth-order valence-corrected chi connectivity index (χ4v) is 6.06. The summed E-state index contributed by atoms with van der Waals surface area (Å²) in [7, 11) is -2.08. The van der Waals surface area contributed by atoms with Crippen molar-refractivity contribution in [3.05, 3.63) is 58.9 Å². The first-order valence-electron chi connectivity index (χ1n) is 9.70. The van der Waals surface area contributed by atoms with Gasteiger partial charge in [0.2, 0.25) is 10.0 Å². The number of aryl methyl sites for hydroxylation is 2. The Kier molecular flexibility index (Phi) is 5.77. The van der Waals surface area contributed by atoms with Crippen molar-refractivity contribution < 1.29 is 13.2 Å². The summed E-state index contributed by atoms with van der Waals surface area (Å²) in [5.41, 5.74) is 3.40. The van der Waals surface area contributed by atoms with Gasteiger partial charge >= 0.3 is 0 Å². The highest BCUT2D eigenvalue weighted by molar-refractivity contribution is 7.89. The van der Waals surface area contributed by atoms with Gasteiger partial charge in [0.25, 0.3) is 0 Å². The minimum atomic E-state index is -3.64. The number of benzene rings is 1. The molecule has 2 aromatic heterocycles. The lowest BCUT2D eigenvalue weighted by atomic mass is 10.1. The van der Waals surface area contributed by atoms with Crippen molar-refractivity contribution in [2.75, 3.05) is 19.0 Å². The maximum atomic E-state index is 13.3. The van der Waals surface area contributed by atoms with Crippen molar-refractivity contribution in [3.63, 3.8) is 0 Å². The van der Waals surface area contributed by atoms with Gasteiger partial charge in [-0.2, -0.15) is 4.31 Å². The maximum Gasteiger partial charge on any atom is 0.243 e. The Bertz CT molecular complexity index is 1140. The van der Waals surface area contributed by atoms with E-state index in [1.807, 2.05) is 31.4 Å². The number of nitrogens with one attached hydrogen (secondary N) is 1. The van der Waals surface area contributed by atoms with Crippen LogP contribution in [0.2, 0.25) is 0 Å². The zero-order valence-corrected chi connectivity index (χ0v) is 18.8. The zero-order valence-electron chi connectivity index (χ0n) is 17.1. The standard InChI is InChI=1S/C21H24N4O3S2/c1-14-11-16(24-21-23-15(2)13-29-21)12-19(22-14)20-5-4-10-25(20)30(26,27)18-8-6-17(28-3)7-9-18/h6-9,11-13,20H,4-5,10H2,1-3H3,(H,22,23,24). The molecule has 1 unspecified atom stereocenters. The van der Waals surface area contributed by atoms with Crippen molar-refractivity contribution in [2.45, 2.75) is 37.6 Å². The number of nitrogens with zero attached hydrogens (tertiary/aromatic N) is 3. The molecule has 7 nitrogen and oxygen atoms in total. The van der Waals surface area contributed by atoms with Gasteiger partial charge in [-0.25, -0.2) is 13.4 Å². The van der Waals surface area contributed by atoms with Crippen LogP contribution in [0.3, 0.4) is 0 Å². The number of methoxy groups -OCH3 is 1. The molecule has 0 radical (unpaired) electrons. The lowest BCUT2D eigenvalue weighted by Crippen LogP contribution is -2.31. The highest BCUT2D eigenvalue weighted by atomic mass is 32.2. The smallest absolute Gasteiger partial charge is 0.243 e. The molecule has 1 N–H and O–H groups in total. The molecule has 30 heavy (non-hydrogen) atoms. The number of thiazole rings is 1. The van der Waals surface area contributed by atoms with Crippen LogP contribution < -0.4 is 10.1 Å². The summed E-state index contributed by atoms with van der Waals surface area (Å²) in [4.78, 5) is 9.37. The number of anilines is 2. The third kappa shape index (κ3) is 4.19. The molecule has 0 amide bonds. The van der Waals surface area contributed by atoms with Gasteiger partial charge in [0, 0.05) is 23.3 Å². The van der Waals surface area contributed by atoms with E-state index in [4.69, 9.17) is 4.74 Å². The summed E-state index contributed by atoms with van der Waals surface area (Å²) in [6.45, 7) is 4.34. The predicted molar refractivity (Wildman–Crippen MR) is 118 cm³/mol. The minimum Gasteiger partial charge on any atom is -0.497 e. The Labute approximate surface area is 180 Å². The molecule has 0 spiro atoms. The highest BCUT2D eigenvalue weighted by Crippen LogP contribution is 2.37. The Morgan fingerprint density at radius 3 is 2.57 bits per heavy atom. The summed E-state index contributed by atoms with van der Waals surface area (Å²) in [5, 5.41) is 6.10. The average Bonchev–Trinajstić information content (AvgIpc) is 3.37. The maximum absolute atomic E-state index is 13.3. The zero-order chi connectivity index (χ0) is 21.3. The number of aromatic nitrogens is 2. The third-order valence-corrected chi connectivity index (χ3v) is 7.85. The second-order valence-electron chi connectivity index (χ2n) is 7.29. The van der Waals surface area contributed by atoms with Gasteiger partial charge in [0.15, 0.2) is 5.13 Å². The van der Waals surface area contributed by atoms with Gasteiger partial charge in [-0.15, -0.1) is 11.3 Å². The van der Waals surface area contributed by atoms with Crippen LogP contribution in [0.5, 0.6) is 5.75 Å². The Hall–Kier alpha value is -2.49. The number of pyridine rings is 1. The van der Waals surface area contributed by atoms with E-state index in [0.717, 1.165) is 40.7 Å². The number of hydrogen-bond acceptors (Lipinski definition) is 7. The molecule has 1 atom stereocenters. The van der Waals surface area contributed by atoms with Crippen LogP contribution in [0.25, 0.3) is 0 Å². The molecule has 3 aromatic rings. The normalized spacial score (nSPS) is 17.2. The Balaban J connectivity index is 1.64. The van der Waals surface area contributed by atoms with Crippen molar-refractivity contribution in [3.8, 4) is 5.75 Å². The quantitative estimate of drug-likeness (QED) is 0.605. The molecule has 1 saturated heterocycles. The molecule has 9 heteroatoms. The van der Waals surface area contributed by atoms with E-state index in [2.05, 4.69) is 15.3 Å². The van der Waals surface area contributed by atoms with Crippen LogP contribution in [0, 0.1) is 13.8 Å². The number of ether oxygens (including phenoxy) is 1. The molecule has 1 aliphatic heterocycles. The van der Waals surface area contributed by atoms with E-state index in [-0.39, 0.29) is 10.9 Å². The SMILES string of the molecule is COc1ccc(S(=O)(=O)N2CCCC2c2cc(Nc3nc(C)cs3)cc(C)n2)cc1. The molecule has 3 heterocycles. The number of hydrogen-bond donors (Lipinski definition) is 1. The van der Waals surface area contributed by atoms with Gasteiger partial charge in [-0.1, -0.05) is 0 Å². The summed E-state index contributed by atoms with van der Waals surface area (Å²) in [6, 6.07) is 10.1. The second kappa shape index (κ2) is 8.33. The Morgan fingerprint density at radius 1 is 1.13 bits per heavy atom. The van der Waals surface area contributed by atoms with Crippen LogP contribution in [0.1, 0.15) is 36.0 Å². The lowest BCUT2D eigenvalue weighted by molar-refractivity contribution is 0.390. The second-order valence-corrected chi connectivity index (χ2v) is 10.0. The first-order valence-corrected chi connectivity index (χ1v) is 12.0. The Morgan fingerprint density at radius 2 is 1.90 bits per heavy atom. The number of rotatable bonds is 6. The van der Waals surface area contributed by atoms with Crippen LogP contribution >= 0.6 is 11.3 Å².